The predicted octanol–water partition coefficient (Wildman–Crippen LogP) is 4.79. The van der Waals surface area contributed by atoms with Gasteiger partial charge in [0, 0.05) is 35.7 Å². The summed E-state index contributed by atoms with van der Waals surface area (Å²) in [5.41, 5.74) is 3.15. The van der Waals surface area contributed by atoms with Crippen LogP contribution < -0.4 is 10.2 Å². The Bertz CT molecular complexity index is 1020. The summed E-state index contributed by atoms with van der Waals surface area (Å²) in [4.78, 5) is 14.5. The molecule has 3 aromatic rings. The monoisotopic (exact) mass is 387 g/mol. The lowest BCUT2D eigenvalue weighted by Crippen LogP contribution is -2.34. The number of anilines is 2. The number of aromatic nitrogens is 2. The molecule has 2 aromatic carbocycles. The van der Waals surface area contributed by atoms with Gasteiger partial charge in [-0.25, -0.2) is 4.79 Å². The first kappa shape index (κ1) is 20.2. The van der Waals surface area contributed by atoms with Gasteiger partial charge in [-0.05, 0) is 29.8 Å². The first-order valence-electron chi connectivity index (χ1n) is 9.53. The molecule has 0 atom stereocenters. The van der Waals surface area contributed by atoms with Gasteiger partial charge >= 0.3 is 6.03 Å². The van der Waals surface area contributed by atoms with Crippen LogP contribution in [-0.4, -0.2) is 22.9 Å². The minimum Gasteiger partial charge on any atom is -0.308 e. The van der Waals surface area contributed by atoms with Gasteiger partial charge in [0.2, 0.25) is 0 Å². The van der Waals surface area contributed by atoms with Crippen molar-refractivity contribution in [3.8, 4) is 6.07 Å². The van der Waals surface area contributed by atoms with E-state index in [1.807, 2.05) is 65.3 Å². The molecule has 0 unspecified atom stereocenters. The predicted molar refractivity (Wildman–Crippen MR) is 115 cm³/mol. The molecule has 0 radical (unpaired) electrons. The smallest absolute Gasteiger partial charge is 0.308 e. The highest BCUT2D eigenvalue weighted by Crippen LogP contribution is 2.37. The van der Waals surface area contributed by atoms with E-state index in [4.69, 9.17) is 5.26 Å². The Kier molecular flexibility index (Phi) is 5.99. The largest absolute Gasteiger partial charge is 0.326 e. The van der Waals surface area contributed by atoms with E-state index in [0.717, 1.165) is 22.6 Å². The molecule has 0 saturated carbocycles. The maximum atomic E-state index is 12.8. The Balaban J connectivity index is 1.93. The van der Waals surface area contributed by atoms with Crippen molar-refractivity contribution in [3.63, 3.8) is 0 Å². The SMILES string of the molecule is CN(C(=O)Nc1ccccc1)c1ccccc1C(C)(C)c1ccnn1CCC#N. The highest BCUT2D eigenvalue weighted by Gasteiger charge is 2.31. The van der Waals surface area contributed by atoms with Crippen LogP contribution in [0.1, 0.15) is 31.5 Å². The normalized spacial score (nSPS) is 11.0. The number of amides is 2. The molecule has 0 saturated heterocycles. The molecular weight excluding hydrogens is 362 g/mol. The molecule has 0 spiro atoms. The van der Waals surface area contributed by atoms with Gasteiger partial charge in [0.1, 0.15) is 0 Å². The number of urea groups is 1. The molecule has 6 heteroatoms. The fourth-order valence-electron chi connectivity index (χ4n) is 3.47. The Morgan fingerprint density at radius 3 is 2.55 bits per heavy atom. The van der Waals surface area contributed by atoms with E-state index in [2.05, 4.69) is 30.3 Å². The van der Waals surface area contributed by atoms with Crippen LogP contribution in [0.3, 0.4) is 0 Å². The molecule has 0 aliphatic heterocycles. The molecule has 148 valence electrons. The number of hydrogen-bond donors (Lipinski definition) is 1. The minimum absolute atomic E-state index is 0.211. The van der Waals surface area contributed by atoms with E-state index in [1.54, 1.807) is 18.1 Å². The molecule has 1 aromatic heterocycles. The van der Waals surface area contributed by atoms with Crippen molar-refractivity contribution in [2.45, 2.75) is 32.2 Å². The number of nitrogens with one attached hydrogen (secondary N) is 1. The fourth-order valence-corrected chi connectivity index (χ4v) is 3.47. The zero-order valence-corrected chi connectivity index (χ0v) is 17.0. The number of nitriles is 1. The summed E-state index contributed by atoms with van der Waals surface area (Å²) >= 11 is 0. The molecule has 6 nitrogen and oxygen atoms in total. The Hall–Kier alpha value is -3.59. The zero-order chi connectivity index (χ0) is 20.9. The van der Waals surface area contributed by atoms with Crippen molar-refractivity contribution in [3.05, 3.63) is 78.1 Å². The van der Waals surface area contributed by atoms with Crippen molar-refractivity contribution >= 4 is 17.4 Å². The standard InChI is InChI=1S/C23H25N5O/c1-23(2,21-14-16-25-28(21)17-9-15-24)19-12-7-8-13-20(19)27(3)22(29)26-18-10-5-4-6-11-18/h4-8,10-14,16H,9,17H2,1-3H3,(H,26,29). The molecule has 0 fully saturated rings. The van der Waals surface area contributed by atoms with Crippen LogP contribution in [0.5, 0.6) is 0 Å². The molecular formula is C23H25N5O. The summed E-state index contributed by atoms with van der Waals surface area (Å²) in [6, 6.07) is 21.2. The second-order valence-corrected chi connectivity index (χ2v) is 7.35. The highest BCUT2D eigenvalue weighted by molar-refractivity contribution is 6.02. The van der Waals surface area contributed by atoms with Gasteiger partial charge in [0.25, 0.3) is 0 Å². The first-order chi connectivity index (χ1) is 13.9. The Morgan fingerprint density at radius 1 is 1.14 bits per heavy atom. The van der Waals surface area contributed by atoms with Gasteiger partial charge in [0.15, 0.2) is 0 Å². The molecule has 1 heterocycles. The van der Waals surface area contributed by atoms with Crippen LogP contribution in [0.15, 0.2) is 66.9 Å². The lowest BCUT2D eigenvalue weighted by molar-refractivity contribution is 0.258. The fraction of sp³-hybridized carbons (Fsp3) is 0.261. The number of nitrogens with zero attached hydrogens (tertiary/aromatic N) is 4. The van der Waals surface area contributed by atoms with Gasteiger partial charge in [-0.2, -0.15) is 10.4 Å². The third kappa shape index (κ3) is 4.30. The average molecular weight is 387 g/mol. The van der Waals surface area contributed by atoms with E-state index in [0.29, 0.717) is 13.0 Å². The summed E-state index contributed by atoms with van der Waals surface area (Å²) in [7, 11) is 1.76. The lowest BCUT2D eigenvalue weighted by Gasteiger charge is -2.31. The topological polar surface area (TPSA) is 74.0 Å². The Labute approximate surface area is 171 Å². The van der Waals surface area contributed by atoms with Gasteiger partial charge in [-0.1, -0.05) is 50.2 Å². The number of para-hydroxylation sites is 2. The van der Waals surface area contributed by atoms with Crippen LogP contribution in [0.2, 0.25) is 0 Å². The number of carbonyl (C=O) groups excluding carboxylic acids is 1. The maximum Gasteiger partial charge on any atom is 0.326 e. The van der Waals surface area contributed by atoms with Crippen molar-refractivity contribution in [1.29, 1.82) is 5.26 Å². The number of carbonyl (C=O) groups is 1. The van der Waals surface area contributed by atoms with Gasteiger partial charge < -0.3 is 5.32 Å². The number of benzene rings is 2. The highest BCUT2D eigenvalue weighted by atomic mass is 16.2. The lowest BCUT2D eigenvalue weighted by atomic mass is 9.80. The van der Waals surface area contributed by atoms with Crippen molar-refractivity contribution in [1.82, 2.24) is 9.78 Å². The minimum atomic E-state index is -0.413. The summed E-state index contributed by atoms with van der Waals surface area (Å²) in [6.45, 7) is 4.75. The van der Waals surface area contributed by atoms with Gasteiger partial charge in [-0.15, -0.1) is 0 Å². The third-order valence-electron chi connectivity index (χ3n) is 5.06. The van der Waals surface area contributed by atoms with Crippen LogP contribution in [-0.2, 0) is 12.0 Å². The molecule has 0 bridgehead atoms. The van der Waals surface area contributed by atoms with Crippen molar-refractivity contribution < 1.29 is 4.79 Å². The average Bonchev–Trinajstić information content (AvgIpc) is 3.22. The van der Waals surface area contributed by atoms with Crippen LogP contribution in [0.4, 0.5) is 16.2 Å². The molecule has 29 heavy (non-hydrogen) atoms. The first-order valence-corrected chi connectivity index (χ1v) is 9.53. The maximum absolute atomic E-state index is 12.8. The van der Waals surface area contributed by atoms with E-state index in [1.165, 1.54) is 0 Å². The van der Waals surface area contributed by atoms with Gasteiger partial charge in [0.05, 0.1) is 19.0 Å². The molecule has 1 N–H and O–H groups in total. The summed E-state index contributed by atoms with van der Waals surface area (Å²) in [5.74, 6) is 0. The van der Waals surface area contributed by atoms with E-state index >= 15 is 0 Å². The summed E-state index contributed by atoms with van der Waals surface area (Å²) < 4.78 is 1.87. The molecule has 0 aliphatic carbocycles. The second-order valence-electron chi connectivity index (χ2n) is 7.35. The quantitative estimate of drug-likeness (QED) is 0.661. The molecule has 0 aliphatic rings. The van der Waals surface area contributed by atoms with E-state index in [9.17, 15) is 4.79 Å². The van der Waals surface area contributed by atoms with Crippen molar-refractivity contribution in [2.75, 3.05) is 17.3 Å². The number of aryl methyl sites for hydroxylation is 1. The summed E-state index contributed by atoms with van der Waals surface area (Å²) in [6.07, 6.45) is 2.15. The van der Waals surface area contributed by atoms with E-state index < -0.39 is 5.41 Å². The number of hydrogen-bond acceptors (Lipinski definition) is 3. The number of rotatable bonds is 6. The van der Waals surface area contributed by atoms with Crippen LogP contribution in [0, 0.1) is 11.3 Å². The zero-order valence-electron chi connectivity index (χ0n) is 17.0. The van der Waals surface area contributed by atoms with Crippen molar-refractivity contribution in [2.24, 2.45) is 0 Å². The van der Waals surface area contributed by atoms with E-state index in [-0.39, 0.29) is 6.03 Å². The van der Waals surface area contributed by atoms with Gasteiger partial charge in [-0.3, -0.25) is 9.58 Å². The van der Waals surface area contributed by atoms with Crippen LogP contribution >= 0.6 is 0 Å². The third-order valence-corrected chi connectivity index (χ3v) is 5.06. The molecule has 3 rings (SSSR count). The Morgan fingerprint density at radius 2 is 1.83 bits per heavy atom. The molecule has 2 amide bonds. The summed E-state index contributed by atoms with van der Waals surface area (Å²) in [5, 5.41) is 16.2. The second kappa shape index (κ2) is 8.61. The van der Waals surface area contributed by atoms with Crippen LogP contribution in [0.25, 0.3) is 0 Å².